The average molecular weight is 404 g/mol. The van der Waals surface area contributed by atoms with Crippen molar-refractivity contribution in [3.05, 3.63) is 30.7 Å². The van der Waals surface area contributed by atoms with Crippen LogP contribution in [0.15, 0.2) is 35.6 Å². The van der Waals surface area contributed by atoms with Gasteiger partial charge in [-0.2, -0.15) is 9.40 Å². The first-order chi connectivity index (χ1) is 13.4. The second-order valence-electron chi connectivity index (χ2n) is 6.04. The summed E-state index contributed by atoms with van der Waals surface area (Å²) in [6, 6.07) is 4.99. The van der Waals surface area contributed by atoms with Crippen molar-refractivity contribution in [2.45, 2.75) is 25.7 Å². The Bertz CT molecular complexity index is 1080. The number of sulfonamides is 1. The van der Waals surface area contributed by atoms with Gasteiger partial charge >= 0.3 is 0 Å². The number of nitrogens with zero attached hydrogens (tertiary/aromatic N) is 5. The first-order valence-corrected chi connectivity index (χ1v) is 10.5. The first kappa shape index (κ1) is 20.0. The number of rotatable bonds is 8. The van der Waals surface area contributed by atoms with Gasteiger partial charge in [-0.05, 0) is 25.1 Å². The van der Waals surface area contributed by atoms with Crippen molar-refractivity contribution >= 4 is 32.6 Å². The molecule has 0 fully saturated rings. The Kier molecular flexibility index (Phi) is 5.80. The summed E-state index contributed by atoms with van der Waals surface area (Å²) in [4.78, 5) is 8.60. The molecule has 0 aliphatic heterocycles. The van der Waals surface area contributed by atoms with Crippen LogP contribution in [0.25, 0.3) is 11.0 Å². The molecule has 9 nitrogen and oxygen atoms in total. The monoisotopic (exact) mass is 404 g/mol. The largest absolute Gasteiger partial charge is 0.492 e. The molecule has 2 aromatic heterocycles. The van der Waals surface area contributed by atoms with E-state index in [9.17, 15) is 8.42 Å². The topological polar surface area (TPSA) is 102 Å². The molecule has 0 radical (unpaired) electrons. The Hall–Kier alpha value is -2.72. The van der Waals surface area contributed by atoms with E-state index in [1.807, 2.05) is 20.8 Å². The van der Waals surface area contributed by atoms with Crippen LogP contribution in [0.2, 0.25) is 0 Å². The fourth-order valence-electron chi connectivity index (χ4n) is 2.96. The van der Waals surface area contributed by atoms with E-state index in [-0.39, 0.29) is 4.90 Å². The van der Waals surface area contributed by atoms with Crippen molar-refractivity contribution in [1.29, 1.82) is 0 Å². The summed E-state index contributed by atoms with van der Waals surface area (Å²) in [6.07, 6.45) is 3.11. The van der Waals surface area contributed by atoms with Crippen molar-refractivity contribution in [3.63, 3.8) is 0 Å². The number of aryl methyl sites for hydroxylation is 1. The Morgan fingerprint density at radius 1 is 1.18 bits per heavy atom. The second-order valence-corrected chi connectivity index (χ2v) is 7.94. The Labute approximate surface area is 164 Å². The van der Waals surface area contributed by atoms with Gasteiger partial charge in [0, 0.05) is 25.8 Å². The third-order valence-electron chi connectivity index (χ3n) is 4.36. The van der Waals surface area contributed by atoms with Crippen LogP contribution < -0.4 is 10.1 Å². The molecule has 2 heterocycles. The van der Waals surface area contributed by atoms with Gasteiger partial charge in [0.1, 0.15) is 22.8 Å². The number of hydrogen-bond donors (Lipinski definition) is 1. The highest BCUT2D eigenvalue weighted by molar-refractivity contribution is 7.89. The maximum atomic E-state index is 13.1. The minimum Gasteiger partial charge on any atom is -0.492 e. The molecule has 0 aliphatic rings. The van der Waals surface area contributed by atoms with Crippen molar-refractivity contribution in [3.8, 4) is 5.75 Å². The average Bonchev–Trinajstić information content (AvgIpc) is 3.06. The quantitative estimate of drug-likeness (QED) is 0.615. The molecule has 0 aliphatic carbocycles. The van der Waals surface area contributed by atoms with Crippen molar-refractivity contribution in [1.82, 2.24) is 24.1 Å². The number of hydrogen-bond acceptors (Lipinski definition) is 7. The van der Waals surface area contributed by atoms with E-state index in [0.29, 0.717) is 42.6 Å². The SMILES string of the molecule is CCOc1ccc(Nc2ncnc3c2cnn3C)cc1S(=O)(=O)N(CC)CC. The molecule has 0 bridgehead atoms. The Morgan fingerprint density at radius 3 is 2.61 bits per heavy atom. The van der Waals surface area contributed by atoms with Crippen LogP contribution in [0, 0.1) is 0 Å². The molecule has 1 N–H and O–H groups in total. The van der Waals surface area contributed by atoms with Crippen LogP contribution in [-0.2, 0) is 17.1 Å². The van der Waals surface area contributed by atoms with Gasteiger partial charge in [-0.25, -0.2) is 18.4 Å². The molecular weight excluding hydrogens is 380 g/mol. The first-order valence-electron chi connectivity index (χ1n) is 9.09. The number of benzene rings is 1. The normalized spacial score (nSPS) is 11.9. The lowest BCUT2D eigenvalue weighted by Crippen LogP contribution is -2.31. The van der Waals surface area contributed by atoms with E-state index in [1.165, 1.54) is 10.6 Å². The van der Waals surface area contributed by atoms with Crippen LogP contribution in [0.3, 0.4) is 0 Å². The molecule has 150 valence electrons. The zero-order valence-corrected chi connectivity index (χ0v) is 17.2. The molecule has 1 aromatic carbocycles. The highest BCUT2D eigenvalue weighted by Crippen LogP contribution is 2.32. The van der Waals surface area contributed by atoms with E-state index < -0.39 is 10.0 Å². The summed E-state index contributed by atoms with van der Waals surface area (Å²) in [5, 5.41) is 8.11. The lowest BCUT2D eigenvalue weighted by molar-refractivity contribution is 0.329. The second kappa shape index (κ2) is 8.11. The number of nitrogens with one attached hydrogen (secondary N) is 1. The molecule has 0 saturated carbocycles. The smallest absolute Gasteiger partial charge is 0.246 e. The van der Waals surface area contributed by atoms with E-state index in [4.69, 9.17) is 4.74 Å². The molecule has 0 amide bonds. The van der Waals surface area contributed by atoms with Gasteiger partial charge in [0.15, 0.2) is 5.65 Å². The molecule has 3 aromatic rings. The maximum Gasteiger partial charge on any atom is 0.246 e. The summed E-state index contributed by atoms with van der Waals surface area (Å²) in [5.74, 6) is 0.877. The van der Waals surface area contributed by atoms with Gasteiger partial charge in [0.2, 0.25) is 10.0 Å². The lowest BCUT2D eigenvalue weighted by Gasteiger charge is -2.21. The minimum atomic E-state index is -3.69. The predicted octanol–water partition coefficient (Wildman–Crippen LogP) is 2.54. The number of aromatic nitrogens is 4. The summed E-state index contributed by atoms with van der Waals surface area (Å²) < 4.78 is 34.8. The van der Waals surface area contributed by atoms with Crippen LogP contribution in [0.4, 0.5) is 11.5 Å². The van der Waals surface area contributed by atoms with E-state index >= 15 is 0 Å². The molecule has 0 atom stereocenters. The number of ether oxygens (including phenoxy) is 1. The Balaban J connectivity index is 2.06. The summed E-state index contributed by atoms with van der Waals surface area (Å²) in [5.41, 5.74) is 1.26. The van der Waals surface area contributed by atoms with Gasteiger partial charge in [-0.15, -0.1) is 0 Å². The van der Waals surface area contributed by atoms with Crippen molar-refractivity contribution in [2.75, 3.05) is 25.0 Å². The highest BCUT2D eigenvalue weighted by atomic mass is 32.2. The molecule has 10 heteroatoms. The van der Waals surface area contributed by atoms with Crippen LogP contribution in [-0.4, -0.2) is 52.2 Å². The van der Waals surface area contributed by atoms with Crippen molar-refractivity contribution < 1.29 is 13.2 Å². The van der Waals surface area contributed by atoms with Gasteiger partial charge in [-0.1, -0.05) is 13.8 Å². The molecule has 0 unspecified atom stereocenters. The molecule has 3 rings (SSSR count). The third-order valence-corrected chi connectivity index (χ3v) is 6.43. The third kappa shape index (κ3) is 3.65. The summed E-state index contributed by atoms with van der Waals surface area (Å²) >= 11 is 0. The number of fused-ring (bicyclic) bond motifs is 1. The van der Waals surface area contributed by atoms with Gasteiger partial charge in [0.05, 0.1) is 18.2 Å². The van der Waals surface area contributed by atoms with E-state index in [2.05, 4.69) is 20.4 Å². The summed E-state index contributed by atoms with van der Waals surface area (Å²) in [7, 11) is -1.89. The van der Waals surface area contributed by atoms with Crippen LogP contribution in [0.1, 0.15) is 20.8 Å². The molecule has 28 heavy (non-hydrogen) atoms. The van der Waals surface area contributed by atoms with Gasteiger partial charge in [0.25, 0.3) is 0 Å². The maximum absolute atomic E-state index is 13.1. The lowest BCUT2D eigenvalue weighted by atomic mass is 10.3. The predicted molar refractivity (Wildman–Crippen MR) is 107 cm³/mol. The zero-order valence-electron chi connectivity index (χ0n) is 16.4. The van der Waals surface area contributed by atoms with E-state index in [1.54, 1.807) is 36.1 Å². The highest BCUT2D eigenvalue weighted by Gasteiger charge is 2.26. The van der Waals surface area contributed by atoms with Crippen LogP contribution >= 0.6 is 0 Å². The molecule has 0 spiro atoms. The van der Waals surface area contributed by atoms with E-state index in [0.717, 1.165) is 5.39 Å². The van der Waals surface area contributed by atoms with Gasteiger partial charge < -0.3 is 10.1 Å². The fraction of sp³-hybridized carbons (Fsp3) is 0.389. The molecule has 0 saturated heterocycles. The zero-order chi connectivity index (χ0) is 20.3. The Morgan fingerprint density at radius 2 is 1.93 bits per heavy atom. The number of anilines is 2. The minimum absolute atomic E-state index is 0.125. The van der Waals surface area contributed by atoms with Crippen molar-refractivity contribution in [2.24, 2.45) is 7.05 Å². The standard InChI is InChI=1S/C18H24N6O3S/c1-5-24(6-2)28(25,26)16-10-13(8-9-15(16)27-7-3)22-17-14-11-21-23(4)18(14)20-12-19-17/h8-12H,5-7H2,1-4H3,(H,19,20,22). The summed E-state index contributed by atoms with van der Waals surface area (Å²) in [6.45, 7) is 6.57. The fourth-order valence-corrected chi connectivity index (χ4v) is 4.58. The van der Waals surface area contributed by atoms with Gasteiger partial charge in [-0.3, -0.25) is 4.68 Å². The molecular formula is C18H24N6O3S. The van der Waals surface area contributed by atoms with Crippen LogP contribution in [0.5, 0.6) is 5.75 Å².